The molecule has 0 fully saturated rings. The fourth-order valence-corrected chi connectivity index (χ4v) is 1.55. The Kier molecular flexibility index (Phi) is 4.52. The normalized spacial score (nSPS) is 11.0. The lowest BCUT2D eigenvalue weighted by Crippen LogP contribution is -2.28. The number of amides is 1. The van der Waals surface area contributed by atoms with Crippen LogP contribution in [0.4, 0.5) is 10.5 Å². The van der Waals surface area contributed by atoms with Crippen molar-refractivity contribution in [3.05, 3.63) is 21.9 Å². The summed E-state index contributed by atoms with van der Waals surface area (Å²) in [6.07, 6.45) is -0.724. The van der Waals surface area contributed by atoms with Gasteiger partial charge in [-0.1, -0.05) is 0 Å². The number of carboxylic acids is 1. The summed E-state index contributed by atoms with van der Waals surface area (Å²) in [5, 5.41) is 11.4. The lowest BCUT2D eigenvalue weighted by Gasteiger charge is -2.20. The molecule has 0 radical (unpaired) electrons. The largest absolute Gasteiger partial charge is 0.476 e. The molecule has 0 saturated heterocycles. The molecule has 1 heterocycles. The molecular weight excluding hydrogens is 316 g/mol. The molecule has 0 aliphatic rings. The van der Waals surface area contributed by atoms with Crippen LogP contribution in [0.1, 0.15) is 36.8 Å². The third-order valence-electron chi connectivity index (χ3n) is 1.99. The van der Waals surface area contributed by atoms with E-state index in [4.69, 9.17) is 9.84 Å². The van der Waals surface area contributed by atoms with Crippen LogP contribution in [0, 0.1) is 6.92 Å². The number of carboxylic acid groups (broad SMARTS) is 1. The number of rotatable bonds is 2. The Hall–Kier alpha value is -1.63. The summed E-state index contributed by atoms with van der Waals surface area (Å²) in [6, 6.07) is 1.52. The fraction of sp³-hybridized carbons (Fsp3) is 0.417. The molecule has 1 rings (SSSR count). The zero-order valence-corrected chi connectivity index (χ0v) is 12.7. The van der Waals surface area contributed by atoms with Crippen LogP contribution in [0.25, 0.3) is 0 Å². The third-order valence-corrected chi connectivity index (χ3v) is 2.79. The Morgan fingerprint density at radius 2 is 2.00 bits per heavy atom. The van der Waals surface area contributed by atoms with Crippen LogP contribution in [-0.4, -0.2) is 27.8 Å². The summed E-state index contributed by atoms with van der Waals surface area (Å²) in [6.45, 7) is 6.89. The molecule has 0 aliphatic heterocycles. The topological polar surface area (TPSA) is 88.5 Å². The predicted molar refractivity (Wildman–Crippen MR) is 73.5 cm³/mol. The highest BCUT2D eigenvalue weighted by atomic mass is 79.9. The van der Waals surface area contributed by atoms with Crippen LogP contribution >= 0.6 is 15.9 Å². The molecule has 1 aromatic rings. The Morgan fingerprint density at radius 3 is 2.47 bits per heavy atom. The zero-order valence-electron chi connectivity index (χ0n) is 11.1. The van der Waals surface area contributed by atoms with E-state index in [0.29, 0.717) is 10.2 Å². The molecule has 7 heteroatoms. The first-order chi connectivity index (χ1) is 8.60. The number of aromatic carboxylic acids is 1. The highest BCUT2D eigenvalue weighted by molar-refractivity contribution is 9.10. The van der Waals surface area contributed by atoms with Crippen molar-refractivity contribution >= 4 is 33.7 Å². The van der Waals surface area contributed by atoms with E-state index in [2.05, 4.69) is 26.2 Å². The van der Waals surface area contributed by atoms with E-state index in [1.807, 2.05) is 0 Å². The zero-order chi connectivity index (χ0) is 14.8. The standard InChI is InChI=1S/C12H15BrN2O4/c1-6-5-7(8(10(16)17)15-9(6)13)14-11(18)19-12(2,3)4/h5H,1-4H3,(H,14,18)(H,16,17). The van der Waals surface area contributed by atoms with Gasteiger partial charge in [-0.15, -0.1) is 0 Å². The minimum atomic E-state index is -1.23. The first kappa shape index (κ1) is 15.4. The quantitative estimate of drug-likeness (QED) is 0.813. The van der Waals surface area contributed by atoms with Crippen molar-refractivity contribution in [2.45, 2.75) is 33.3 Å². The van der Waals surface area contributed by atoms with Crippen molar-refractivity contribution < 1.29 is 19.4 Å². The maximum atomic E-state index is 11.6. The van der Waals surface area contributed by atoms with Gasteiger partial charge in [0.05, 0.1) is 5.69 Å². The van der Waals surface area contributed by atoms with Gasteiger partial charge in [0.2, 0.25) is 0 Å². The second-order valence-electron chi connectivity index (χ2n) is 4.92. The molecule has 0 saturated carbocycles. The smallest absolute Gasteiger partial charge is 0.412 e. The van der Waals surface area contributed by atoms with E-state index < -0.39 is 17.7 Å². The number of nitrogens with one attached hydrogen (secondary N) is 1. The number of pyridine rings is 1. The van der Waals surface area contributed by atoms with E-state index >= 15 is 0 Å². The Balaban J connectivity index is 3.03. The lowest BCUT2D eigenvalue weighted by atomic mass is 10.2. The van der Waals surface area contributed by atoms with Crippen LogP contribution in [0.3, 0.4) is 0 Å². The van der Waals surface area contributed by atoms with Gasteiger partial charge >= 0.3 is 12.1 Å². The molecule has 19 heavy (non-hydrogen) atoms. The summed E-state index contributed by atoms with van der Waals surface area (Å²) in [4.78, 5) is 26.6. The van der Waals surface area contributed by atoms with Gasteiger partial charge in [-0.3, -0.25) is 5.32 Å². The Bertz CT molecular complexity index is 523. The molecule has 2 N–H and O–H groups in total. The Morgan fingerprint density at radius 1 is 1.42 bits per heavy atom. The van der Waals surface area contributed by atoms with Crippen molar-refractivity contribution in [1.82, 2.24) is 4.98 Å². The van der Waals surface area contributed by atoms with Crippen molar-refractivity contribution in [3.63, 3.8) is 0 Å². The minimum absolute atomic E-state index is 0.0995. The average Bonchev–Trinajstić information content (AvgIpc) is 2.19. The van der Waals surface area contributed by atoms with E-state index in [0.717, 1.165) is 0 Å². The average molecular weight is 331 g/mol. The number of carbonyl (C=O) groups is 2. The van der Waals surface area contributed by atoms with Crippen LogP contribution in [0.2, 0.25) is 0 Å². The van der Waals surface area contributed by atoms with E-state index in [9.17, 15) is 9.59 Å². The molecule has 0 aliphatic carbocycles. The van der Waals surface area contributed by atoms with Crippen molar-refractivity contribution in [2.24, 2.45) is 0 Å². The summed E-state index contributed by atoms with van der Waals surface area (Å²) >= 11 is 3.15. The maximum Gasteiger partial charge on any atom is 0.412 e. The van der Waals surface area contributed by atoms with Crippen LogP contribution in [0.5, 0.6) is 0 Å². The second-order valence-corrected chi connectivity index (χ2v) is 5.68. The molecule has 0 spiro atoms. The first-order valence-electron chi connectivity index (χ1n) is 5.50. The number of aromatic nitrogens is 1. The summed E-state index contributed by atoms with van der Waals surface area (Å²) in [5.41, 5.74) is -0.104. The van der Waals surface area contributed by atoms with E-state index in [1.54, 1.807) is 27.7 Å². The summed E-state index contributed by atoms with van der Waals surface area (Å²) in [7, 11) is 0. The molecule has 104 valence electrons. The van der Waals surface area contributed by atoms with Crippen molar-refractivity contribution in [2.75, 3.05) is 5.32 Å². The fourth-order valence-electron chi connectivity index (χ4n) is 1.26. The molecular formula is C12H15BrN2O4. The molecule has 1 aromatic heterocycles. The first-order valence-corrected chi connectivity index (χ1v) is 6.30. The van der Waals surface area contributed by atoms with Crippen molar-refractivity contribution in [1.29, 1.82) is 0 Å². The van der Waals surface area contributed by atoms with Crippen molar-refractivity contribution in [3.8, 4) is 0 Å². The number of anilines is 1. The van der Waals surface area contributed by atoms with Gasteiger partial charge in [0.1, 0.15) is 10.2 Å². The second kappa shape index (κ2) is 5.56. The Labute approximate surface area is 119 Å². The van der Waals surface area contributed by atoms with E-state index in [-0.39, 0.29) is 11.4 Å². The monoisotopic (exact) mass is 330 g/mol. The number of halogens is 1. The number of ether oxygens (including phenoxy) is 1. The third kappa shape index (κ3) is 4.51. The summed E-state index contributed by atoms with van der Waals surface area (Å²) < 4.78 is 5.48. The lowest BCUT2D eigenvalue weighted by molar-refractivity contribution is 0.0636. The summed E-state index contributed by atoms with van der Waals surface area (Å²) in [5.74, 6) is -1.23. The molecule has 0 aromatic carbocycles. The molecule has 0 unspecified atom stereocenters. The SMILES string of the molecule is Cc1cc(NC(=O)OC(C)(C)C)c(C(=O)O)nc1Br. The van der Waals surface area contributed by atoms with E-state index in [1.165, 1.54) is 6.07 Å². The number of nitrogens with zero attached hydrogens (tertiary/aromatic N) is 1. The number of carbonyl (C=O) groups excluding carboxylic acids is 1. The predicted octanol–water partition coefficient (Wildman–Crippen LogP) is 3.20. The molecule has 6 nitrogen and oxygen atoms in total. The van der Waals surface area contributed by atoms with Gasteiger partial charge in [0.25, 0.3) is 0 Å². The van der Waals surface area contributed by atoms with Crippen LogP contribution in [-0.2, 0) is 4.74 Å². The van der Waals surface area contributed by atoms with Gasteiger partial charge in [0, 0.05) is 0 Å². The van der Waals surface area contributed by atoms with Gasteiger partial charge in [0.15, 0.2) is 5.69 Å². The number of hydrogen-bond donors (Lipinski definition) is 2. The maximum absolute atomic E-state index is 11.6. The van der Waals surface area contributed by atoms with Crippen LogP contribution < -0.4 is 5.32 Å². The van der Waals surface area contributed by atoms with Gasteiger partial charge in [-0.2, -0.15) is 0 Å². The number of hydrogen-bond acceptors (Lipinski definition) is 4. The van der Waals surface area contributed by atoms with Gasteiger partial charge < -0.3 is 9.84 Å². The molecule has 0 bridgehead atoms. The number of aryl methyl sites for hydroxylation is 1. The molecule has 1 amide bonds. The van der Waals surface area contributed by atoms with Crippen LogP contribution in [0.15, 0.2) is 10.7 Å². The van der Waals surface area contributed by atoms with Gasteiger partial charge in [-0.05, 0) is 55.3 Å². The van der Waals surface area contributed by atoms with Gasteiger partial charge in [-0.25, -0.2) is 14.6 Å². The molecule has 0 atom stereocenters. The highest BCUT2D eigenvalue weighted by Crippen LogP contribution is 2.22. The highest BCUT2D eigenvalue weighted by Gasteiger charge is 2.20. The minimum Gasteiger partial charge on any atom is -0.476 e.